The molecule has 0 saturated heterocycles. The van der Waals surface area contributed by atoms with Crippen molar-refractivity contribution in [1.29, 1.82) is 0 Å². The summed E-state index contributed by atoms with van der Waals surface area (Å²) in [7, 11) is 0. The number of nitrogens with two attached hydrogens (primary N) is 1. The van der Waals surface area contributed by atoms with Crippen LogP contribution in [0.1, 0.15) is 31.8 Å². The summed E-state index contributed by atoms with van der Waals surface area (Å²) in [5.41, 5.74) is 8.13. The quantitative estimate of drug-likeness (QED) is 0.257. The fraction of sp³-hybridized carbons (Fsp3) is 0.0645. The van der Waals surface area contributed by atoms with Gasteiger partial charge in [0.25, 0.3) is 5.91 Å². The Labute approximate surface area is 208 Å². The van der Waals surface area contributed by atoms with Gasteiger partial charge in [-0.3, -0.25) is 14.4 Å². The highest BCUT2D eigenvalue weighted by Crippen LogP contribution is 2.28. The van der Waals surface area contributed by atoms with Crippen LogP contribution in [0.5, 0.6) is 0 Å². The molecule has 0 radical (unpaired) electrons. The summed E-state index contributed by atoms with van der Waals surface area (Å²) in [5.74, 6) is -1.07. The molecule has 0 spiro atoms. The van der Waals surface area contributed by atoms with Crippen molar-refractivity contribution in [3.63, 3.8) is 0 Å². The van der Waals surface area contributed by atoms with Gasteiger partial charge >= 0.3 is 0 Å². The SMILES string of the molecule is NC(=O)[C@H](Cc1ccc(C(=O)c2ccccc2)cc1)NC(=O)c1c2ccccc2cc2ccccc12. The van der Waals surface area contributed by atoms with Crippen molar-refractivity contribution in [3.8, 4) is 0 Å². The molecule has 176 valence electrons. The van der Waals surface area contributed by atoms with Gasteiger partial charge in [-0.25, -0.2) is 0 Å². The molecule has 5 rings (SSSR count). The molecule has 3 N–H and O–H groups in total. The first-order chi connectivity index (χ1) is 17.5. The third-order valence-electron chi connectivity index (χ3n) is 6.34. The minimum Gasteiger partial charge on any atom is -0.368 e. The Bertz CT molecular complexity index is 1540. The lowest BCUT2D eigenvalue weighted by Crippen LogP contribution is -2.46. The summed E-state index contributed by atoms with van der Waals surface area (Å²) in [6.45, 7) is 0. The van der Waals surface area contributed by atoms with Crippen LogP contribution in [0, 0.1) is 0 Å². The van der Waals surface area contributed by atoms with E-state index in [9.17, 15) is 14.4 Å². The molecule has 0 aromatic heterocycles. The fourth-order valence-electron chi connectivity index (χ4n) is 4.50. The van der Waals surface area contributed by atoms with Crippen LogP contribution in [-0.2, 0) is 11.2 Å². The van der Waals surface area contributed by atoms with Crippen LogP contribution >= 0.6 is 0 Å². The maximum Gasteiger partial charge on any atom is 0.253 e. The number of carbonyl (C=O) groups excluding carboxylic acids is 3. The molecule has 5 heteroatoms. The molecular formula is C31H24N2O3. The number of fused-ring (bicyclic) bond motifs is 2. The Hall–Kier alpha value is -4.77. The van der Waals surface area contributed by atoms with E-state index in [1.807, 2.05) is 72.8 Å². The topological polar surface area (TPSA) is 89.3 Å². The summed E-state index contributed by atoms with van der Waals surface area (Å²) in [4.78, 5) is 38.5. The molecule has 0 aliphatic heterocycles. The predicted molar refractivity (Wildman–Crippen MR) is 142 cm³/mol. The number of hydrogen-bond donors (Lipinski definition) is 2. The number of ketones is 1. The summed E-state index contributed by atoms with van der Waals surface area (Å²) >= 11 is 0. The Morgan fingerprint density at radius 3 is 1.78 bits per heavy atom. The zero-order valence-corrected chi connectivity index (χ0v) is 19.5. The van der Waals surface area contributed by atoms with E-state index in [1.54, 1.807) is 36.4 Å². The first kappa shape index (κ1) is 23.0. The number of hydrogen-bond acceptors (Lipinski definition) is 3. The van der Waals surface area contributed by atoms with Gasteiger partial charge in [0.05, 0.1) is 5.56 Å². The molecule has 0 bridgehead atoms. The average Bonchev–Trinajstić information content (AvgIpc) is 2.91. The van der Waals surface area contributed by atoms with Gasteiger partial charge in [-0.1, -0.05) is 103 Å². The Balaban J connectivity index is 1.40. The average molecular weight is 473 g/mol. The van der Waals surface area contributed by atoms with Crippen LogP contribution in [-0.4, -0.2) is 23.6 Å². The molecule has 0 aliphatic rings. The monoisotopic (exact) mass is 472 g/mol. The molecule has 0 aliphatic carbocycles. The highest BCUT2D eigenvalue weighted by molar-refractivity contribution is 6.18. The molecule has 0 saturated carbocycles. The number of nitrogens with one attached hydrogen (secondary N) is 1. The van der Waals surface area contributed by atoms with Crippen LogP contribution in [0.3, 0.4) is 0 Å². The van der Waals surface area contributed by atoms with Crippen molar-refractivity contribution in [2.24, 2.45) is 5.73 Å². The second kappa shape index (κ2) is 9.84. The molecular weight excluding hydrogens is 448 g/mol. The Morgan fingerprint density at radius 1 is 0.667 bits per heavy atom. The molecule has 0 fully saturated rings. The summed E-state index contributed by atoms with van der Waals surface area (Å²) < 4.78 is 0. The van der Waals surface area contributed by atoms with E-state index in [0.29, 0.717) is 16.7 Å². The van der Waals surface area contributed by atoms with Crippen molar-refractivity contribution in [2.75, 3.05) is 0 Å². The van der Waals surface area contributed by atoms with E-state index in [-0.39, 0.29) is 18.1 Å². The van der Waals surface area contributed by atoms with Gasteiger partial charge in [-0.15, -0.1) is 0 Å². The minimum atomic E-state index is -0.911. The standard InChI is InChI=1S/C31H24N2O3/c32-30(35)27(18-20-14-16-22(17-15-20)29(34)21-8-2-1-3-9-21)33-31(36)28-25-12-6-4-10-23(25)19-24-11-5-7-13-26(24)28/h1-17,19,27H,18H2,(H2,32,35)(H,33,36)/t27-/m0/s1. The van der Waals surface area contributed by atoms with Crippen molar-refractivity contribution in [2.45, 2.75) is 12.5 Å². The lowest BCUT2D eigenvalue weighted by molar-refractivity contribution is -0.119. The number of carbonyl (C=O) groups is 3. The fourth-order valence-corrected chi connectivity index (χ4v) is 4.50. The van der Waals surface area contributed by atoms with Crippen LogP contribution < -0.4 is 11.1 Å². The highest BCUT2D eigenvalue weighted by Gasteiger charge is 2.22. The lowest BCUT2D eigenvalue weighted by Gasteiger charge is -2.18. The van der Waals surface area contributed by atoms with E-state index in [2.05, 4.69) is 5.32 Å². The van der Waals surface area contributed by atoms with Gasteiger partial charge in [-0.05, 0) is 33.2 Å². The van der Waals surface area contributed by atoms with E-state index in [0.717, 1.165) is 27.1 Å². The summed E-state index contributed by atoms with van der Waals surface area (Å²) in [5, 5.41) is 6.34. The number of benzene rings is 5. The summed E-state index contributed by atoms with van der Waals surface area (Å²) in [6, 6.07) is 32.5. The second-order valence-electron chi connectivity index (χ2n) is 8.72. The predicted octanol–water partition coefficient (Wildman–Crippen LogP) is 5.05. The summed E-state index contributed by atoms with van der Waals surface area (Å²) in [6.07, 6.45) is 0.212. The van der Waals surface area contributed by atoms with Crippen LogP contribution in [0.25, 0.3) is 21.5 Å². The third-order valence-corrected chi connectivity index (χ3v) is 6.34. The van der Waals surface area contributed by atoms with Gasteiger partial charge in [0.1, 0.15) is 6.04 Å². The maximum absolute atomic E-state index is 13.5. The Morgan fingerprint density at radius 2 is 1.19 bits per heavy atom. The smallest absolute Gasteiger partial charge is 0.253 e. The van der Waals surface area contributed by atoms with Crippen molar-refractivity contribution in [1.82, 2.24) is 5.32 Å². The molecule has 5 aromatic rings. The van der Waals surface area contributed by atoms with Gasteiger partial charge < -0.3 is 11.1 Å². The van der Waals surface area contributed by atoms with Crippen molar-refractivity contribution < 1.29 is 14.4 Å². The number of primary amides is 1. The molecule has 2 amide bonds. The number of amides is 2. The van der Waals surface area contributed by atoms with Gasteiger partial charge in [0.2, 0.25) is 5.91 Å². The van der Waals surface area contributed by atoms with E-state index in [4.69, 9.17) is 5.73 Å². The van der Waals surface area contributed by atoms with E-state index < -0.39 is 11.9 Å². The van der Waals surface area contributed by atoms with Crippen LogP contribution in [0.4, 0.5) is 0 Å². The van der Waals surface area contributed by atoms with Gasteiger partial charge in [-0.2, -0.15) is 0 Å². The number of rotatable bonds is 7. The maximum atomic E-state index is 13.5. The first-order valence-electron chi connectivity index (χ1n) is 11.7. The molecule has 5 nitrogen and oxygen atoms in total. The molecule has 5 aromatic carbocycles. The second-order valence-corrected chi connectivity index (χ2v) is 8.72. The molecule has 0 unspecified atom stereocenters. The largest absolute Gasteiger partial charge is 0.368 e. The molecule has 1 atom stereocenters. The molecule has 36 heavy (non-hydrogen) atoms. The highest BCUT2D eigenvalue weighted by atomic mass is 16.2. The zero-order chi connectivity index (χ0) is 25.1. The van der Waals surface area contributed by atoms with Crippen molar-refractivity contribution >= 4 is 39.1 Å². The van der Waals surface area contributed by atoms with Crippen LogP contribution in [0.15, 0.2) is 109 Å². The van der Waals surface area contributed by atoms with E-state index >= 15 is 0 Å². The van der Waals surface area contributed by atoms with Crippen molar-refractivity contribution in [3.05, 3.63) is 131 Å². The van der Waals surface area contributed by atoms with Crippen LogP contribution in [0.2, 0.25) is 0 Å². The molecule has 0 heterocycles. The first-order valence-corrected chi connectivity index (χ1v) is 11.7. The van der Waals surface area contributed by atoms with Gasteiger partial charge in [0.15, 0.2) is 5.78 Å². The lowest BCUT2D eigenvalue weighted by atomic mass is 9.95. The Kier molecular flexibility index (Phi) is 6.29. The normalized spacial score (nSPS) is 11.8. The zero-order valence-electron chi connectivity index (χ0n) is 19.5. The third kappa shape index (κ3) is 4.59. The minimum absolute atomic E-state index is 0.0789. The van der Waals surface area contributed by atoms with Gasteiger partial charge in [0, 0.05) is 17.5 Å². The van der Waals surface area contributed by atoms with E-state index in [1.165, 1.54) is 0 Å².